The Morgan fingerprint density at radius 2 is 2.06 bits per heavy atom. The van der Waals surface area contributed by atoms with Gasteiger partial charge in [-0.3, -0.25) is 4.79 Å². The van der Waals surface area contributed by atoms with Crippen LogP contribution in [0.2, 0.25) is 0 Å². The number of carboxylic acids is 1. The summed E-state index contributed by atoms with van der Waals surface area (Å²) >= 11 is 0. The summed E-state index contributed by atoms with van der Waals surface area (Å²) in [6.07, 6.45) is 0. The van der Waals surface area contributed by atoms with Crippen LogP contribution in [-0.2, 0) is 4.79 Å². The molecule has 2 N–H and O–H groups in total. The molecule has 0 bridgehead atoms. The van der Waals surface area contributed by atoms with E-state index in [2.05, 4.69) is 10.3 Å². The molecule has 1 aromatic heterocycles. The van der Waals surface area contributed by atoms with Crippen molar-refractivity contribution in [2.45, 2.75) is 13.0 Å². The highest BCUT2D eigenvalue weighted by atomic mass is 16.4. The van der Waals surface area contributed by atoms with Gasteiger partial charge in [0.25, 0.3) is 0 Å². The summed E-state index contributed by atoms with van der Waals surface area (Å²) in [5.74, 6) is -0.833. The number of carboxylic acid groups (broad SMARTS) is 1. The van der Waals surface area contributed by atoms with Crippen molar-refractivity contribution in [1.29, 1.82) is 0 Å². The summed E-state index contributed by atoms with van der Waals surface area (Å²) in [6.45, 7) is 1.69. The molecule has 92 valence electrons. The normalized spacial score (nSPS) is 11.7. The van der Waals surface area contributed by atoms with Gasteiger partial charge in [0.1, 0.15) is 11.9 Å². The molecule has 0 aliphatic heterocycles. The van der Waals surface area contributed by atoms with Gasteiger partial charge in [-0.25, -0.2) is 9.78 Å². The third kappa shape index (κ3) is 3.44. The second kappa shape index (κ2) is 5.29. The number of rotatable bonds is 4. The summed E-state index contributed by atoms with van der Waals surface area (Å²) in [7, 11) is 3.31. The van der Waals surface area contributed by atoms with E-state index >= 15 is 0 Å². The molecule has 1 amide bonds. The average molecular weight is 237 g/mol. The fraction of sp³-hybridized carbons (Fsp3) is 0.364. The molecule has 1 unspecified atom stereocenters. The van der Waals surface area contributed by atoms with Gasteiger partial charge in [-0.1, -0.05) is 6.07 Å². The van der Waals surface area contributed by atoms with Crippen molar-refractivity contribution in [3.63, 3.8) is 0 Å². The molecule has 0 aliphatic rings. The van der Waals surface area contributed by atoms with Gasteiger partial charge in [-0.15, -0.1) is 0 Å². The Morgan fingerprint density at radius 3 is 2.59 bits per heavy atom. The first kappa shape index (κ1) is 13.0. The van der Waals surface area contributed by atoms with Gasteiger partial charge in [0, 0.05) is 14.1 Å². The number of hydrogen-bond acceptors (Lipinski definition) is 4. The maximum atomic E-state index is 11.6. The van der Waals surface area contributed by atoms with Crippen molar-refractivity contribution >= 4 is 17.7 Å². The lowest BCUT2D eigenvalue weighted by Gasteiger charge is -2.18. The minimum atomic E-state index is -1.10. The van der Waals surface area contributed by atoms with E-state index < -0.39 is 12.0 Å². The van der Waals surface area contributed by atoms with E-state index in [0.717, 1.165) is 0 Å². The summed E-state index contributed by atoms with van der Waals surface area (Å²) in [5, 5.41) is 11.6. The minimum Gasteiger partial charge on any atom is -0.477 e. The van der Waals surface area contributed by atoms with E-state index in [4.69, 9.17) is 5.11 Å². The van der Waals surface area contributed by atoms with E-state index in [1.807, 2.05) is 0 Å². The molecular weight excluding hydrogens is 222 g/mol. The Morgan fingerprint density at radius 1 is 1.41 bits per heavy atom. The molecule has 0 spiro atoms. The Bertz CT molecular complexity index is 432. The lowest BCUT2D eigenvalue weighted by molar-refractivity contribution is -0.129. The number of nitrogens with zero attached hydrogens (tertiary/aromatic N) is 2. The number of anilines is 1. The summed E-state index contributed by atoms with van der Waals surface area (Å²) in [5.41, 5.74) is -0.0560. The summed E-state index contributed by atoms with van der Waals surface area (Å²) in [4.78, 5) is 27.6. The zero-order valence-corrected chi connectivity index (χ0v) is 9.97. The van der Waals surface area contributed by atoms with Crippen LogP contribution in [0.15, 0.2) is 18.2 Å². The van der Waals surface area contributed by atoms with E-state index in [-0.39, 0.29) is 11.6 Å². The van der Waals surface area contributed by atoms with Crippen molar-refractivity contribution in [3.05, 3.63) is 23.9 Å². The number of pyridine rings is 1. The number of nitrogens with one attached hydrogen (secondary N) is 1. The molecule has 6 nitrogen and oxygen atoms in total. The van der Waals surface area contributed by atoms with E-state index in [1.165, 1.54) is 11.0 Å². The molecule has 1 aromatic rings. The molecule has 0 saturated heterocycles. The zero-order chi connectivity index (χ0) is 13.0. The number of carbonyl (C=O) groups excluding carboxylic acids is 1. The quantitative estimate of drug-likeness (QED) is 0.804. The molecule has 0 radical (unpaired) electrons. The first-order valence-corrected chi connectivity index (χ1v) is 5.10. The molecule has 1 heterocycles. The standard InChI is InChI=1S/C11H15N3O3/c1-7(10(15)14(2)3)12-9-6-4-5-8(13-9)11(16)17/h4-7H,1-3H3,(H,12,13)(H,16,17). The van der Waals surface area contributed by atoms with Gasteiger partial charge in [-0.2, -0.15) is 0 Å². The second-order valence-electron chi connectivity index (χ2n) is 3.81. The van der Waals surface area contributed by atoms with Gasteiger partial charge in [0.05, 0.1) is 0 Å². The molecular formula is C11H15N3O3. The number of likely N-dealkylation sites (N-methyl/N-ethyl adjacent to an activating group) is 1. The fourth-order valence-electron chi connectivity index (χ4n) is 1.31. The van der Waals surface area contributed by atoms with Crippen molar-refractivity contribution in [2.75, 3.05) is 19.4 Å². The molecule has 0 aromatic carbocycles. The predicted octanol–water partition coefficient (Wildman–Crippen LogP) is 0.668. The molecule has 1 atom stereocenters. The van der Waals surface area contributed by atoms with Gasteiger partial charge in [0.2, 0.25) is 5.91 Å². The van der Waals surface area contributed by atoms with Crippen LogP contribution < -0.4 is 5.32 Å². The second-order valence-corrected chi connectivity index (χ2v) is 3.81. The van der Waals surface area contributed by atoms with Gasteiger partial charge in [-0.05, 0) is 19.1 Å². The van der Waals surface area contributed by atoms with Crippen LogP contribution >= 0.6 is 0 Å². The molecule has 0 fully saturated rings. The highest BCUT2D eigenvalue weighted by Crippen LogP contribution is 2.07. The summed E-state index contributed by atoms with van der Waals surface area (Å²) < 4.78 is 0. The van der Waals surface area contributed by atoms with E-state index in [0.29, 0.717) is 5.82 Å². The van der Waals surface area contributed by atoms with Crippen LogP contribution in [0.3, 0.4) is 0 Å². The van der Waals surface area contributed by atoms with E-state index in [1.54, 1.807) is 33.2 Å². The number of hydrogen-bond donors (Lipinski definition) is 2. The van der Waals surface area contributed by atoms with Crippen molar-refractivity contribution in [1.82, 2.24) is 9.88 Å². The van der Waals surface area contributed by atoms with Crippen LogP contribution in [0.1, 0.15) is 17.4 Å². The lowest BCUT2D eigenvalue weighted by atomic mass is 10.3. The maximum absolute atomic E-state index is 11.6. The molecule has 17 heavy (non-hydrogen) atoms. The zero-order valence-electron chi connectivity index (χ0n) is 9.97. The van der Waals surface area contributed by atoms with Crippen molar-refractivity contribution in [3.8, 4) is 0 Å². The molecule has 0 saturated carbocycles. The highest BCUT2D eigenvalue weighted by molar-refractivity contribution is 5.86. The number of aromatic nitrogens is 1. The first-order chi connectivity index (χ1) is 7.91. The predicted molar refractivity (Wildman–Crippen MR) is 63.0 cm³/mol. The largest absolute Gasteiger partial charge is 0.477 e. The monoisotopic (exact) mass is 237 g/mol. The SMILES string of the molecule is CC(Nc1cccc(C(=O)O)n1)C(=O)N(C)C. The number of aromatic carboxylic acids is 1. The smallest absolute Gasteiger partial charge is 0.354 e. The minimum absolute atomic E-state index is 0.0560. The highest BCUT2D eigenvalue weighted by Gasteiger charge is 2.15. The molecule has 1 rings (SSSR count). The van der Waals surface area contributed by atoms with E-state index in [9.17, 15) is 9.59 Å². The van der Waals surface area contributed by atoms with Crippen LogP contribution in [0.25, 0.3) is 0 Å². The Hall–Kier alpha value is -2.11. The van der Waals surface area contributed by atoms with Crippen LogP contribution in [0.5, 0.6) is 0 Å². The third-order valence-electron chi connectivity index (χ3n) is 2.14. The summed E-state index contributed by atoms with van der Waals surface area (Å²) in [6, 6.07) is 4.13. The van der Waals surface area contributed by atoms with Crippen LogP contribution in [0.4, 0.5) is 5.82 Å². The maximum Gasteiger partial charge on any atom is 0.354 e. The number of carbonyl (C=O) groups is 2. The Labute approximate surface area is 99.3 Å². The topological polar surface area (TPSA) is 82.5 Å². The number of amides is 1. The first-order valence-electron chi connectivity index (χ1n) is 5.10. The third-order valence-corrected chi connectivity index (χ3v) is 2.14. The van der Waals surface area contributed by atoms with Crippen LogP contribution in [0, 0.1) is 0 Å². The lowest BCUT2D eigenvalue weighted by Crippen LogP contribution is -2.36. The van der Waals surface area contributed by atoms with Crippen molar-refractivity contribution in [2.24, 2.45) is 0 Å². The fourth-order valence-corrected chi connectivity index (χ4v) is 1.31. The van der Waals surface area contributed by atoms with Crippen LogP contribution in [-0.4, -0.2) is 47.0 Å². The van der Waals surface area contributed by atoms with Gasteiger partial charge < -0.3 is 15.3 Å². The molecule has 0 aliphatic carbocycles. The Balaban J connectivity index is 2.78. The average Bonchev–Trinajstić information content (AvgIpc) is 2.28. The molecule has 6 heteroatoms. The van der Waals surface area contributed by atoms with Gasteiger partial charge >= 0.3 is 5.97 Å². The Kier molecular flexibility index (Phi) is 4.03. The van der Waals surface area contributed by atoms with Crippen molar-refractivity contribution < 1.29 is 14.7 Å². The van der Waals surface area contributed by atoms with Gasteiger partial charge in [0.15, 0.2) is 5.69 Å².